The van der Waals surface area contributed by atoms with Crippen LogP contribution < -0.4 is 5.32 Å². The number of ether oxygens (including phenoxy) is 1. The van der Waals surface area contributed by atoms with E-state index in [2.05, 4.69) is 12.2 Å². The van der Waals surface area contributed by atoms with Gasteiger partial charge in [0.2, 0.25) is 5.91 Å². The number of nitrogens with one attached hydrogen (secondary N) is 1. The highest BCUT2D eigenvalue weighted by Crippen LogP contribution is 2.29. The van der Waals surface area contributed by atoms with Gasteiger partial charge in [-0.1, -0.05) is 6.92 Å². The van der Waals surface area contributed by atoms with Crippen LogP contribution in [0.25, 0.3) is 0 Å². The van der Waals surface area contributed by atoms with Gasteiger partial charge in [-0.15, -0.1) is 0 Å². The highest BCUT2D eigenvalue weighted by Gasteiger charge is 2.26. The number of carbonyl (C=O) groups is 2. The van der Waals surface area contributed by atoms with Crippen LogP contribution in [0.1, 0.15) is 58.3 Å². The van der Waals surface area contributed by atoms with Crippen molar-refractivity contribution in [3.63, 3.8) is 0 Å². The van der Waals surface area contributed by atoms with Gasteiger partial charge in [0.1, 0.15) is 0 Å². The Hall–Kier alpha value is -1.36. The summed E-state index contributed by atoms with van der Waals surface area (Å²) in [4.78, 5) is 21.9. The van der Waals surface area contributed by atoms with E-state index in [-0.39, 0.29) is 11.9 Å². The molecule has 0 radical (unpaired) electrons. The number of carboxylic acid groups (broad SMARTS) is 1. The maximum Gasteiger partial charge on any atom is 0.328 e. The number of carbonyl (C=O) groups excluding carboxylic acids is 1. The fourth-order valence-electron chi connectivity index (χ4n) is 3.38. The van der Waals surface area contributed by atoms with E-state index in [1.807, 2.05) is 0 Å². The molecule has 1 amide bonds. The lowest BCUT2D eigenvalue weighted by Gasteiger charge is -2.34. The van der Waals surface area contributed by atoms with Crippen LogP contribution in [0.15, 0.2) is 12.2 Å². The molecule has 0 saturated heterocycles. The molecule has 2 saturated carbocycles. The third kappa shape index (κ3) is 5.79. The molecule has 2 fully saturated rings. The number of carboxylic acids is 1. The van der Waals surface area contributed by atoms with Crippen molar-refractivity contribution in [1.29, 1.82) is 0 Å². The van der Waals surface area contributed by atoms with Crippen LogP contribution in [-0.2, 0) is 14.3 Å². The van der Waals surface area contributed by atoms with Crippen molar-refractivity contribution in [3.05, 3.63) is 12.2 Å². The van der Waals surface area contributed by atoms with Gasteiger partial charge in [-0.2, -0.15) is 0 Å². The number of amides is 1. The molecular formula is C17H27NO4. The molecule has 0 spiro atoms. The van der Waals surface area contributed by atoms with E-state index < -0.39 is 5.97 Å². The van der Waals surface area contributed by atoms with Crippen molar-refractivity contribution >= 4 is 11.9 Å². The van der Waals surface area contributed by atoms with Gasteiger partial charge in [0.25, 0.3) is 0 Å². The zero-order valence-electron chi connectivity index (χ0n) is 13.3. The largest absolute Gasteiger partial charge is 0.478 e. The van der Waals surface area contributed by atoms with Crippen LogP contribution in [0, 0.1) is 5.92 Å². The second-order valence-electron chi connectivity index (χ2n) is 6.67. The van der Waals surface area contributed by atoms with Gasteiger partial charge in [0, 0.05) is 18.2 Å². The summed E-state index contributed by atoms with van der Waals surface area (Å²) < 4.78 is 6.21. The Kier molecular flexibility index (Phi) is 6.43. The predicted molar refractivity (Wildman–Crippen MR) is 83.5 cm³/mol. The van der Waals surface area contributed by atoms with Crippen LogP contribution >= 0.6 is 0 Å². The molecule has 0 aliphatic heterocycles. The summed E-state index contributed by atoms with van der Waals surface area (Å²) in [7, 11) is 0. The molecule has 0 heterocycles. The van der Waals surface area contributed by atoms with Gasteiger partial charge in [0.15, 0.2) is 0 Å². The van der Waals surface area contributed by atoms with Crippen molar-refractivity contribution < 1.29 is 19.4 Å². The molecule has 22 heavy (non-hydrogen) atoms. The molecular weight excluding hydrogens is 282 g/mol. The Balaban J connectivity index is 1.65. The number of aliphatic carboxylic acids is 1. The van der Waals surface area contributed by atoms with E-state index in [0.29, 0.717) is 12.2 Å². The first-order valence-electron chi connectivity index (χ1n) is 8.40. The van der Waals surface area contributed by atoms with Gasteiger partial charge < -0.3 is 15.2 Å². The van der Waals surface area contributed by atoms with Crippen LogP contribution in [0.3, 0.4) is 0 Å². The zero-order valence-corrected chi connectivity index (χ0v) is 13.3. The first-order chi connectivity index (χ1) is 10.5. The average molecular weight is 309 g/mol. The van der Waals surface area contributed by atoms with Crippen molar-refractivity contribution in [2.24, 2.45) is 5.92 Å². The van der Waals surface area contributed by atoms with Gasteiger partial charge in [-0.25, -0.2) is 4.79 Å². The fourth-order valence-corrected chi connectivity index (χ4v) is 3.38. The molecule has 2 N–H and O–H groups in total. The summed E-state index contributed by atoms with van der Waals surface area (Å²) in [6.07, 6.45) is 11.3. The standard InChI is InChI=1S/C17H27NO4/c1-12-2-6-14(7-3-12)22-15-8-4-13(5-9-15)18-16(19)10-11-17(20)21/h10-15H,2-9H2,1H3,(H,18,19)(H,20,21)/b11-10-. The summed E-state index contributed by atoms with van der Waals surface area (Å²) >= 11 is 0. The quantitative estimate of drug-likeness (QED) is 0.766. The third-order valence-corrected chi connectivity index (χ3v) is 4.75. The molecule has 0 atom stereocenters. The summed E-state index contributed by atoms with van der Waals surface area (Å²) in [5.41, 5.74) is 0. The highest BCUT2D eigenvalue weighted by molar-refractivity contribution is 5.93. The molecule has 0 aromatic carbocycles. The molecule has 0 aromatic heterocycles. The number of rotatable bonds is 5. The van der Waals surface area contributed by atoms with E-state index in [4.69, 9.17) is 9.84 Å². The molecule has 5 heteroatoms. The summed E-state index contributed by atoms with van der Waals surface area (Å²) in [6.45, 7) is 2.31. The maximum atomic E-state index is 11.6. The molecule has 0 aromatic rings. The van der Waals surface area contributed by atoms with Gasteiger partial charge in [-0.3, -0.25) is 4.79 Å². The van der Waals surface area contributed by atoms with E-state index in [1.165, 1.54) is 25.7 Å². The minimum absolute atomic E-state index is 0.136. The lowest BCUT2D eigenvalue weighted by molar-refractivity contribution is -0.131. The van der Waals surface area contributed by atoms with Crippen molar-refractivity contribution in [2.75, 3.05) is 0 Å². The normalized spacial score (nSPS) is 32.8. The van der Waals surface area contributed by atoms with E-state index in [1.54, 1.807) is 0 Å². The Morgan fingerprint density at radius 3 is 2.05 bits per heavy atom. The van der Waals surface area contributed by atoms with Crippen LogP contribution in [0.2, 0.25) is 0 Å². The van der Waals surface area contributed by atoms with Crippen LogP contribution in [0.5, 0.6) is 0 Å². The van der Waals surface area contributed by atoms with E-state index >= 15 is 0 Å². The van der Waals surface area contributed by atoms with Gasteiger partial charge in [-0.05, 0) is 57.3 Å². The molecule has 2 aliphatic rings. The van der Waals surface area contributed by atoms with Gasteiger partial charge >= 0.3 is 5.97 Å². The van der Waals surface area contributed by atoms with Gasteiger partial charge in [0.05, 0.1) is 12.2 Å². The molecule has 2 aliphatic carbocycles. The summed E-state index contributed by atoms with van der Waals surface area (Å²) in [5, 5.41) is 11.4. The topological polar surface area (TPSA) is 75.6 Å². The summed E-state index contributed by atoms with van der Waals surface area (Å²) in [6, 6.07) is 0.136. The van der Waals surface area contributed by atoms with Crippen molar-refractivity contribution in [2.45, 2.75) is 76.5 Å². The first kappa shape index (κ1) is 17.0. The summed E-state index contributed by atoms with van der Waals surface area (Å²) in [5.74, 6) is -0.591. The predicted octanol–water partition coefficient (Wildman–Crippen LogP) is 2.65. The Morgan fingerprint density at radius 2 is 1.50 bits per heavy atom. The third-order valence-electron chi connectivity index (χ3n) is 4.75. The Morgan fingerprint density at radius 1 is 0.955 bits per heavy atom. The van der Waals surface area contributed by atoms with E-state index in [0.717, 1.165) is 43.8 Å². The second kappa shape index (κ2) is 8.32. The average Bonchev–Trinajstić information content (AvgIpc) is 2.49. The smallest absolute Gasteiger partial charge is 0.328 e. The number of hydrogen-bond donors (Lipinski definition) is 2. The maximum absolute atomic E-state index is 11.6. The van der Waals surface area contributed by atoms with Crippen molar-refractivity contribution in [1.82, 2.24) is 5.32 Å². The monoisotopic (exact) mass is 309 g/mol. The van der Waals surface area contributed by atoms with E-state index in [9.17, 15) is 9.59 Å². The van der Waals surface area contributed by atoms with Crippen molar-refractivity contribution in [3.8, 4) is 0 Å². The SMILES string of the molecule is CC1CCC(OC2CCC(NC(=O)/C=C\C(=O)O)CC2)CC1. The molecule has 5 nitrogen and oxygen atoms in total. The molecule has 0 unspecified atom stereocenters. The lowest BCUT2D eigenvalue weighted by Crippen LogP contribution is -2.39. The second-order valence-corrected chi connectivity index (χ2v) is 6.67. The molecule has 0 bridgehead atoms. The van der Waals surface area contributed by atoms with Crippen LogP contribution in [0.4, 0.5) is 0 Å². The minimum Gasteiger partial charge on any atom is -0.478 e. The molecule has 124 valence electrons. The fraction of sp³-hybridized carbons (Fsp3) is 0.765. The zero-order chi connectivity index (χ0) is 15.9. The minimum atomic E-state index is -1.10. The first-order valence-corrected chi connectivity index (χ1v) is 8.40. The number of hydrogen-bond acceptors (Lipinski definition) is 3. The van der Waals surface area contributed by atoms with Crippen LogP contribution in [-0.4, -0.2) is 35.2 Å². The Labute approximate surface area is 132 Å². The lowest BCUT2D eigenvalue weighted by atomic mass is 9.88. The molecule has 2 rings (SSSR count). The highest BCUT2D eigenvalue weighted by atomic mass is 16.5. The Bertz CT molecular complexity index is 405.